The van der Waals surface area contributed by atoms with Crippen molar-refractivity contribution < 1.29 is 0 Å². The molecule has 0 amide bonds. The minimum absolute atomic E-state index is 1.04. The van der Waals surface area contributed by atoms with Gasteiger partial charge in [-0.2, -0.15) is 5.10 Å². The molecule has 0 saturated carbocycles. The average Bonchev–Trinajstić information content (AvgIpc) is 2.20. The lowest BCUT2D eigenvalue weighted by Crippen LogP contribution is -1.95. The van der Waals surface area contributed by atoms with Crippen molar-refractivity contribution >= 4 is 15.9 Å². The van der Waals surface area contributed by atoms with Gasteiger partial charge in [-0.3, -0.25) is 4.68 Å². The van der Waals surface area contributed by atoms with Crippen LogP contribution in [0.2, 0.25) is 0 Å². The Kier molecular flexibility index (Phi) is 2.49. The van der Waals surface area contributed by atoms with Crippen LogP contribution in [-0.2, 0) is 7.05 Å². The van der Waals surface area contributed by atoms with Crippen molar-refractivity contribution in [1.29, 1.82) is 0 Å². The molecule has 0 aliphatic heterocycles. The quantitative estimate of drug-likeness (QED) is 0.718. The van der Waals surface area contributed by atoms with E-state index in [-0.39, 0.29) is 0 Å². The van der Waals surface area contributed by atoms with Gasteiger partial charge in [-0.1, -0.05) is 6.92 Å². The summed E-state index contributed by atoms with van der Waals surface area (Å²) >= 11 is 3.40. The van der Waals surface area contributed by atoms with Gasteiger partial charge in [0.1, 0.15) is 0 Å². The number of aryl methyl sites for hydroxylation is 1. The molecule has 0 bridgehead atoms. The molecule has 1 heterocycles. The molecule has 0 atom stereocenters. The zero-order valence-electron chi connectivity index (χ0n) is 6.13. The Morgan fingerprint density at radius 2 is 2.50 bits per heavy atom. The molecule has 3 heteroatoms. The van der Waals surface area contributed by atoms with Gasteiger partial charge in [-0.15, -0.1) is 0 Å². The Bertz CT molecular complexity index is 198. The normalized spacial score (nSPS) is 10.3. The van der Waals surface area contributed by atoms with E-state index in [9.17, 15) is 0 Å². The van der Waals surface area contributed by atoms with Crippen LogP contribution in [0, 0.1) is 6.42 Å². The second-order valence-electron chi connectivity index (χ2n) is 2.11. The highest BCUT2D eigenvalue weighted by Gasteiger charge is 2.02. The van der Waals surface area contributed by atoms with Crippen molar-refractivity contribution in [2.24, 2.45) is 7.05 Å². The van der Waals surface area contributed by atoms with Crippen molar-refractivity contribution in [3.05, 3.63) is 22.8 Å². The molecule has 1 rings (SSSR count). The molecule has 0 unspecified atom stereocenters. The van der Waals surface area contributed by atoms with E-state index in [1.165, 1.54) is 0 Å². The Morgan fingerprint density at radius 1 is 1.80 bits per heavy atom. The third-order valence-electron chi connectivity index (χ3n) is 1.34. The first-order valence-corrected chi connectivity index (χ1v) is 4.05. The standard InChI is InChI=1S/C7H10BrN2/c1-3-4-7-6(8)5-9-10(7)2/h4-5H,3H2,1-2H3. The van der Waals surface area contributed by atoms with E-state index >= 15 is 0 Å². The van der Waals surface area contributed by atoms with Gasteiger partial charge < -0.3 is 0 Å². The molecule has 0 aliphatic rings. The molecule has 0 aromatic carbocycles. The topological polar surface area (TPSA) is 17.8 Å². The molecular weight excluding hydrogens is 192 g/mol. The summed E-state index contributed by atoms with van der Waals surface area (Å²) in [5.41, 5.74) is 1.16. The van der Waals surface area contributed by atoms with Gasteiger partial charge in [-0.05, 0) is 22.4 Å². The molecule has 0 fully saturated rings. The molecule has 0 spiro atoms. The molecule has 0 saturated heterocycles. The van der Waals surface area contributed by atoms with Gasteiger partial charge >= 0.3 is 0 Å². The smallest absolute Gasteiger partial charge is 0.0635 e. The van der Waals surface area contributed by atoms with E-state index in [4.69, 9.17) is 0 Å². The second kappa shape index (κ2) is 3.19. The van der Waals surface area contributed by atoms with Crippen LogP contribution in [0.25, 0.3) is 0 Å². The van der Waals surface area contributed by atoms with Gasteiger partial charge in [0.15, 0.2) is 0 Å². The first-order valence-electron chi connectivity index (χ1n) is 3.26. The summed E-state index contributed by atoms with van der Waals surface area (Å²) in [5.74, 6) is 0. The highest BCUT2D eigenvalue weighted by atomic mass is 79.9. The van der Waals surface area contributed by atoms with Gasteiger partial charge in [0, 0.05) is 13.5 Å². The summed E-state index contributed by atoms with van der Waals surface area (Å²) in [4.78, 5) is 0. The number of halogens is 1. The lowest BCUT2D eigenvalue weighted by Gasteiger charge is -1.97. The predicted molar refractivity (Wildman–Crippen MR) is 44.6 cm³/mol. The van der Waals surface area contributed by atoms with Crippen molar-refractivity contribution in [2.45, 2.75) is 13.3 Å². The summed E-state index contributed by atoms with van der Waals surface area (Å²) in [7, 11) is 1.94. The number of hydrogen-bond donors (Lipinski definition) is 0. The minimum Gasteiger partial charge on any atom is -0.271 e. The Morgan fingerprint density at radius 3 is 2.90 bits per heavy atom. The first-order chi connectivity index (χ1) is 4.75. The third kappa shape index (κ3) is 1.40. The van der Waals surface area contributed by atoms with E-state index in [2.05, 4.69) is 34.4 Å². The van der Waals surface area contributed by atoms with Gasteiger partial charge in [-0.25, -0.2) is 0 Å². The zero-order valence-corrected chi connectivity index (χ0v) is 7.72. The molecule has 0 N–H and O–H groups in total. The van der Waals surface area contributed by atoms with Gasteiger partial charge in [0.05, 0.1) is 16.4 Å². The molecule has 1 aromatic heterocycles. The van der Waals surface area contributed by atoms with Crippen molar-refractivity contribution in [1.82, 2.24) is 9.78 Å². The maximum absolute atomic E-state index is 4.07. The maximum atomic E-state index is 4.07. The van der Waals surface area contributed by atoms with Gasteiger partial charge in [0.25, 0.3) is 0 Å². The molecule has 1 aromatic rings. The Balaban J connectivity index is 2.87. The third-order valence-corrected chi connectivity index (χ3v) is 1.95. The van der Waals surface area contributed by atoms with E-state index in [0.29, 0.717) is 0 Å². The monoisotopic (exact) mass is 201 g/mol. The summed E-state index contributed by atoms with van der Waals surface area (Å²) < 4.78 is 2.92. The Labute approximate surface area is 69.4 Å². The summed E-state index contributed by atoms with van der Waals surface area (Å²) in [6.45, 7) is 2.11. The van der Waals surface area contributed by atoms with Crippen LogP contribution in [0.5, 0.6) is 0 Å². The van der Waals surface area contributed by atoms with Crippen LogP contribution in [0.4, 0.5) is 0 Å². The zero-order chi connectivity index (χ0) is 7.56. The number of nitrogens with zero attached hydrogens (tertiary/aromatic N) is 2. The predicted octanol–water partition coefficient (Wildman–Crippen LogP) is 2.14. The number of aromatic nitrogens is 2. The highest BCUT2D eigenvalue weighted by Crippen LogP contribution is 2.17. The molecule has 2 nitrogen and oxygen atoms in total. The van der Waals surface area contributed by atoms with Crippen LogP contribution in [0.1, 0.15) is 19.0 Å². The summed E-state index contributed by atoms with van der Waals surface area (Å²) in [6, 6.07) is 0. The largest absolute Gasteiger partial charge is 0.271 e. The number of rotatable bonds is 2. The minimum atomic E-state index is 1.04. The van der Waals surface area contributed by atoms with Crippen molar-refractivity contribution in [3.8, 4) is 0 Å². The summed E-state index contributed by atoms with van der Waals surface area (Å²) in [6.07, 6.45) is 4.98. The fourth-order valence-electron chi connectivity index (χ4n) is 0.843. The van der Waals surface area contributed by atoms with E-state index in [0.717, 1.165) is 16.6 Å². The first kappa shape index (κ1) is 7.79. The maximum Gasteiger partial charge on any atom is 0.0635 e. The fourth-order valence-corrected chi connectivity index (χ4v) is 1.35. The second-order valence-corrected chi connectivity index (χ2v) is 2.97. The number of hydrogen-bond acceptors (Lipinski definition) is 1. The van der Waals surface area contributed by atoms with Crippen LogP contribution in [0.3, 0.4) is 0 Å². The van der Waals surface area contributed by atoms with Crippen molar-refractivity contribution in [2.75, 3.05) is 0 Å². The van der Waals surface area contributed by atoms with E-state index < -0.39 is 0 Å². The van der Waals surface area contributed by atoms with Crippen LogP contribution in [-0.4, -0.2) is 9.78 Å². The van der Waals surface area contributed by atoms with E-state index in [1.54, 1.807) is 0 Å². The van der Waals surface area contributed by atoms with E-state index in [1.807, 2.05) is 17.9 Å². The molecule has 10 heavy (non-hydrogen) atoms. The molecule has 1 radical (unpaired) electrons. The van der Waals surface area contributed by atoms with Crippen LogP contribution < -0.4 is 0 Å². The molecule has 55 valence electrons. The molecule has 0 aliphatic carbocycles. The van der Waals surface area contributed by atoms with Gasteiger partial charge in [0.2, 0.25) is 0 Å². The van der Waals surface area contributed by atoms with Crippen LogP contribution in [0.15, 0.2) is 10.7 Å². The fraction of sp³-hybridized carbons (Fsp3) is 0.429. The summed E-state index contributed by atoms with van der Waals surface area (Å²) in [5, 5.41) is 4.07. The van der Waals surface area contributed by atoms with Crippen LogP contribution >= 0.6 is 15.9 Å². The van der Waals surface area contributed by atoms with Crippen molar-refractivity contribution in [3.63, 3.8) is 0 Å². The lowest BCUT2D eigenvalue weighted by atomic mass is 10.2. The SMILES string of the molecule is CC[CH]c1c(Br)cnn1C. The average molecular weight is 202 g/mol. The Hall–Kier alpha value is -0.310. The lowest BCUT2D eigenvalue weighted by molar-refractivity contribution is 0.738. The highest BCUT2D eigenvalue weighted by molar-refractivity contribution is 9.10. The molecular formula is C7H10BrN2.